The Kier molecular flexibility index (Phi) is 2.95. The summed E-state index contributed by atoms with van der Waals surface area (Å²) >= 11 is 5.83. The molecule has 1 aromatic carbocycles. The van der Waals surface area contributed by atoms with Crippen molar-refractivity contribution < 1.29 is 8.42 Å². The first-order chi connectivity index (χ1) is 7.99. The average Bonchev–Trinajstić information content (AvgIpc) is 2.68. The lowest BCUT2D eigenvalue weighted by Crippen LogP contribution is -2.13. The molecule has 8 heteroatoms. The van der Waals surface area contributed by atoms with E-state index in [9.17, 15) is 8.42 Å². The molecule has 0 radical (unpaired) electrons. The van der Waals surface area contributed by atoms with Crippen LogP contribution in [0.15, 0.2) is 35.5 Å². The molecule has 0 saturated heterocycles. The summed E-state index contributed by atoms with van der Waals surface area (Å²) in [5.41, 5.74) is 6.22. The van der Waals surface area contributed by atoms with Crippen LogP contribution in [0.25, 0.3) is 0 Å². The van der Waals surface area contributed by atoms with Crippen molar-refractivity contribution >= 4 is 33.0 Å². The fourth-order valence-electron chi connectivity index (χ4n) is 1.25. The quantitative estimate of drug-likeness (QED) is 0.736. The number of nitrogen functional groups attached to an aromatic ring is 1. The minimum Gasteiger partial charge on any atom is -0.399 e. The number of benzene rings is 1. The van der Waals surface area contributed by atoms with Crippen LogP contribution in [-0.2, 0) is 10.0 Å². The first-order valence-corrected chi connectivity index (χ1v) is 6.42. The van der Waals surface area contributed by atoms with Gasteiger partial charge in [-0.05, 0) is 18.2 Å². The standard InChI is InChI=1S/C9H9ClN4O2S/c10-8-3-6(11)1-2-9(8)17(15,16)14-7-4-12-13-5-7/h1-5,14H,11H2,(H,12,13). The summed E-state index contributed by atoms with van der Waals surface area (Å²) in [5.74, 6) is 0. The second-order valence-corrected chi connectivity index (χ2v) is 5.34. The Labute approximate surface area is 103 Å². The van der Waals surface area contributed by atoms with Gasteiger partial charge in [0.2, 0.25) is 0 Å². The predicted molar refractivity (Wildman–Crippen MR) is 65.3 cm³/mol. The van der Waals surface area contributed by atoms with Gasteiger partial charge in [-0.25, -0.2) is 8.42 Å². The van der Waals surface area contributed by atoms with Gasteiger partial charge in [-0.15, -0.1) is 0 Å². The molecule has 0 atom stereocenters. The number of hydrogen-bond acceptors (Lipinski definition) is 4. The van der Waals surface area contributed by atoms with Crippen molar-refractivity contribution in [3.8, 4) is 0 Å². The van der Waals surface area contributed by atoms with E-state index >= 15 is 0 Å². The number of aromatic amines is 1. The zero-order valence-corrected chi connectivity index (χ0v) is 10.1. The van der Waals surface area contributed by atoms with Crippen molar-refractivity contribution in [2.75, 3.05) is 10.5 Å². The number of nitrogens with two attached hydrogens (primary N) is 1. The lowest BCUT2D eigenvalue weighted by Gasteiger charge is -2.07. The summed E-state index contributed by atoms with van der Waals surface area (Å²) in [7, 11) is -3.73. The monoisotopic (exact) mass is 272 g/mol. The molecule has 4 N–H and O–H groups in total. The van der Waals surface area contributed by atoms with E-state index in [2.05, 4.69) is 14.9 Å². The Bertz CT molecular complexity index is 624. The molecule has 0 amide bonds. The van der Waals surface area contributed by atoms with Gasteiger partial charge in [0, 0.05) is 11.9 Å². The molecule has 0 aliphatic rings. The Hall–Kier alpha value is -1.73. The number of halogens is 1. The van der Waals surface area contributed by atoms with Gasteiger partial charge in [0.1, 0.15) is 4.90 Å². The summed E-state index contributed by atoms with van der Waals surface area (Å²) < 4.78 is 26.2. The molecular formula is C9H9ClN4O2S. The number of aromatic nitrogens is 2. The van der Waals surface area contributed by atoms with Gasteiger partial charge >= 0.3 is 0 Å². The van der Waals surface area contributed by atoms with Crippen molar-refractivity contribution in [2.24, 2.45) is 0 Å². The van der Waals surface area contributed by atoms with E-state index in [1.165, 1.54) is 30.6 Å². The molecule has 0 fully saturated rings. The Morgan fingerprint density at radius 2 is 2.18 bits per heavy atom. The molecule has 0 aliphatic heterocycles. The Morgan fingerprint density at radius 1 is 1.41 bits per heavy atom. The second-order valence-electron chi connectivity index (χ2n) is 3.28. The molecule has 17 heavy (non-hydrogen) atoms. The second kappa shape index (κ2) is 4.27. The van der Waals surface area contributed by atoms with Crippen molar-refractivity contribution in [3.05, 3.63) is 35.6 Å². The number of anilines is 2. The van der Waals surface area contributed by atoms with Crippen LogP contribution in [0.4, 0.5) is 11.4 Å². The number of H-pyrrole nitrogens is 1. The fraction of sp³-hybridized carbons (Fsp3) is 0. The molecule has 0 unspecified atom stereocenters. The summed E-state index contributed by atoms with van der Waals surface area (Å²) in [6.45, 7) is 0. The maximum absolute atomic E-state index is 12.0. The van der Waals surface area contributed by atoms with Crippen LogP contribution < -0.4 is 10.5 Å². The summed E-state index contributed by atoms with van der Waals surface area (Å²) in [4.78, 5) is -0.0328. The van der Waals surface area contributed by atoms with E-state index in [0.29, 0.717) is 11.4 Å². The highest BCUT2D eigenvalue weighted by molar-refractivity contribution is 7.92. The molecule has 0 spiro atoms. The van der Waals surface area contributed by atoms with Crippen molar-refractivity contribution in [1.29, 1.82) is 0 Å². The molecule has 2 rings (SSSR count). The zero-order valence-electron chi connectivity index (χ0n) is 8.51. The first-order valence-electron chi connectivity index (χ1n) is 4.56. The first kappa shape index (κ1) is 11.7. The van der Waals surface area contributed by atoms with E-state index in [-0.39, 0.29) is 9.92 Å². The predicted octanol–water partition coefficient (Wildman–Crippen LogP) is 1.45. The maximum Gasteiger partial charge on any atom is 0.263 e. The van der Waals surface area contributed by atoms with Crippen LogP contribution in [0.2, 0.25) is 5.02 Å². The van der Waals surface area contributed by atoms with Crippen LogP contribution in [0.5, 0.6) is 0 Å². The van der Waals surface area contributed by atoms with Gasteiger partial charge in [0.15, 0.2) is 0 Å². The van der Waals surface area contributed by atoms with Crippen LogP contribution in [0.3, 0.4) is 0 Å². The molecule has 0 aliphatic carbocycles. The van der Waals surface area contributed by atoms with Crippen molar-refractivity contribution in [3.63, 3.8) is 0 Å². The SMILES string of the molecule is Nc1ccc(S(=O)(=O)Nc2cn[nH]c2)c(Cl)c1. The molecule has 90 valence electrons. The summed E-state index contributed by atoms with van der Waals surface area (Å²) in [5, 5.41) is 6.20. The van der Waals surface area contributed by atoms with Gasteiger partial charge < -0.3 is 5.73 Å². The topological polar surface area (TPSA) is 101 Å². The largest absolute Gasteiger partial charge is 0.399 e. The smallest absolute Gasteiger partial charge is 0.263 e. The van der Waals surface area contributed by atoms with Gasteiger partial charge in [-0.1, -0.05) is 11.6 Å². The van der Waals surface area contributed by atoms with E-state index in [1.54, 1.807) is 0 Å². The number of nitrogens with one attached hydrogen (secondary N) is 2. The van der Waals surface area contributed by atoms with Gasteiger partial charge in [-0.2, -0.15) is 5.10 Å². The summed E-state index contributed by atoms with van der Waals surface area (Å²) in [6.07, 6.45) is 2.77. The van der Waals surface area contributed by atoms with Gasteiger partial charge in [0.05, 0.1) is 16.9 Å². The summed E-state index contributed by atoms with van der Waals surface area (Å²) in [6, 6.07) is 4.20. The Morgan fingerprint density at radius 3 is 2.76 bits per heavy atom. The van der Waals surface area contributed by atoms with E-state index in [4.69, 9.17) is 17.3 Å². The lowest BCUT2D eigenvalue weighted by molar-refractivity contribution is 0.601. The van der Waals surface area contributed by atoms with E-state index in [0.717, 1.165) is 0 Å². The number of sulfonamides is 1. The molecule has 1 heterocycles. The lowest BCUT2D eigenvalue weighted by atomic mass is 10.3. The van der Waals surface area contributed by atoms with Gasteiger partial charge in [-0.3, -0.25) is 9.82 Å². The average molecular weight is 273 g/mol. The molecule has 6 nitrogen and oxygen atoms in total. The number of nitrogens with zero attached hydrogens (tertiary/aromatic N) is 1. The van der Waals surface area contributed by atoms with Crippen LogP contribution in [0.1, 0.15) is 0 Å². The number of hydrogen-bond donors (Lipinski definition) is 3. The van der Waals surface area contributed by atoms with Crippen molar-refractivity contribution in [2.45, 2.75) is 4.90 Å². The maximum atomic E-state index is 12.0. The minimum atomic E-state index is -3.73. The number of rotatable bonds is 3. The normalized spacial score (nSPS) is 11.4. The highest BCUT2D eigenvalue weighted by Gasteiger charge is 2.18. The molecule has 0 bridgehead atoms. The van der Waals surface area contributed by atoms with Crippen LogP contribution >= 0.6 is 11.6 Å². The van der Waals surface area contributed by atoms with E-state index < -0.39 is 10.0 Å². The third kappa shape index (κ3) is 2.51. The third-order valence-corrected chi connectivity index (χ3v) is 3.86. The van der Waals surface area contributed by atoms with Gasteiger partial charge in [0.25, 0.3) is 10.0 Å². The molecule has 1 aromatic heterocycles. The zero-order chi connectivity index (χ0) is 12.5. The molecule has 0 saturated carbocycles. The fourth-order valence-corrected chi connectivity index (χ4v) is 2.84. The highest BCUT2D eigenvalue weighted by atomic mass is 35.5. The molecular weight excluding hydrogens is 264 g/mol. The minimum absolute atomic E-state index is 0.0328. The highest BCUT2D eigenvalue weighted by Crippen LogP contribution is 2.25. The van der Waals surface area contributed by atoms with Crippen LogP contribution in [0, 0.1) is 0 Å². The molecule has 2 aromatic rings. The van der Waals surface area contributed by atoms with Crippen molar-refractivity contribution in [1.82, 2.24) is 10.2 Å². The van der Waals surface area contributed by atoms with E-state index in [1.807, 2.05) is 0 Å². The van der Waals surface area contributed by atoms with Crippen LogP contribution in [-0.4, -0.2) is 18.6 Å². The Balaban J connectivity index is 2.38. The third-order valence-electron chi connectivity index (χ3n) is 2.00.